The van der Waals surface area contributed by atoms with Gasteiger partial charge >= 0.3 is 0 Å². The Morgan fingerprint density at radius 3 is 2.30 bits per heavy atom. The smallest absolute Gasteiger partial charge is 0.194 e. The number of halogens is 1. The molecule has 2 fully saturated rings. The average molecular weight is 568 g/mol. The highest BCUT2D eigenvalue weighted by molar-refractivity contribution is 14.0. The van der Waals surface area contributed by atoms with Crippen molar-refractivity contribution in [1.29, 1.82) is 0 Å². The highest BCUT2D eigenvalue weighted by Crippen LogP contribution is 2.11. The summed E-state index contributed by atoms with van der Waals surface area (Å²) in [5.74, 6) is 0.976. The molecule has 1 aromatic heterocycles. The normalized spacial score (nSPS) is 19.2. The van der Waals surface area contributed by atoms with Gasteiger partial charge in [0.15, 0.2) is 5.96 Å². The third-order valence-electron chi connectivity index (χ3n) is 6.45. The van der Waals surface area contributed by atoms with Gasteiger partial charge in [-0.25, -0.2) is 0 Å². The standard InChI is InChI=1S/C24H37N7O.HI/c1-25-24(31-15-13-30(14-16-31)20-23-8-17-32-27-23)26-18-21-4-6-22(7-5-21)19-29-10-3-9-28(2)11-12-29;/h4-8,17H,3,9-16,18-20H2,1-2H3,(H,25,26);1H. The summed E-state index contributed by atoms with van der Waals surface area (Å²) < 4.78 is 4.94. The van der Waals surface area contributed by atoms with Crippen molar-refractivity contribution in [2.75, 3.05) is 66.5 Å². The van der Waals surface area contributed by atoms with Crippen molar-refractivity contribution >= 4 is 29.9 Å². The molecule has 0 aliphatic carbocycles. The Bertz CT molecular complexity index is 835. The predicted molar refractivity (Wildman–Crippen MR) is 143 cm³/mol. The molecule has 0 amide bonds. The second-order valence-electron chi connectivity index (χ2n) is 8.90. The summed E-state index contributed by atoms with van der Waals surface area (Å²) in [4.78, 5) is 14.3. The van der Waals surface area contributed by atoms with Crippen molar-refractivity contribution in [3.63, 3.8) is 0 Å². The van der Waals surface area contributed by atoms with Crippen LogP contribution < -0.4 is 5.32 Å². The van der Waals surface area contributed by atoms with E-state index >= 15 is 0 Å². The molecule has 1 N–H and O–H groups in total. The van der Waals surface area contributed by atoms with Gasteiger partial charge in [-0.05, 0) is 37.7 Å². The number of likely N-dealkylation sites (N-methyl/N-ethyl adjacent to an activating group) is 1. The lowest BCUT2D eigenvalue weighted by Crippen LogP contribution is -2.52. The minimum Gasteiger partial charge on any atom is -0.364 e. The summed E-state index contributed by atoms with van der Waals surface area (Å²) in [5.41, 5.74) is 3.67. The number of rotatable bonds is 6. The fraction of sp³-hybridized carbons (Fsp3) is 0.583. The average Bonchev–Trinajstić information content (AvgIpc) is 3.24. The van der Waals surface area contributed by atoms with Crippen LogP contribution in [0.3, 0.4) is 0 Å². The molecule has 4 rings (SSSR count). The van der Waals surface area contributed by atoms with Gasteiger partial charge in [0.1, 0.15) is 6.26 Å². The Morgan fingerprint density at radius 2 is 1.61 bits per heavy atom. The Morgan fingerprint density at radius 1 is 0.909 bits per heavy atom. The number of benzene rings is 1. The molecule has 0 bridgehead atoms. The Balaban J connectivity index is 0.00000306. The van der Waals surface area contributed by atoms with E-state index in [4.69, 9.17) is 4.52 Å². The van der Waals surface area contributed by atoms with Crippen LogP contribution >= 0.6 is 24.0 Å². The highest BCUT2D eigenvalue weighted by atomic mass is 127. The van der Waals surface area contributed by atoms with Gasteiger partial charge in [-0.3, -0.25) is 14.8 Å². The number of aliphatic imine (C=N–C) groups is 1. The lowest BCUT2D eigenvalue weighted by molar-refractivity contribution is 0.169. The van der Waals surface area contributed by atoms with Crippen LogP contribution in [-0.4, -0.2) is 97.2 Å². The summed E-state index contributed by atoms with van der Waals surface area (Å²) >= 11 is 0. The molecule has 8 nitrogen and oxygen atoms in total. The van der Waals surface area contributed by atoms with Gasteiger partial charge in [0, 0.05) is 72.0 Å². The second kappa shape index (κ2) is 13.3. The molecule has 2 aliphatic rings. The zero-order chi connectivity index (χ0) is 22.2. The number of aromatic nitrogens is 1. The van der Waals surface area contributed by atoms with E-state index in [2.05, 4.69) is 66.4 Å². The van der Waals surface area contributed by atoms with Gasteiger partial charge in [-0.15, -0.1) is 24.0 Å². The van der Waals surface area contributed by atoms with Gasteiger partial charge in [-0.1, -0.05) is 29.4 Å². The van der Waals surface area contributed by atoms with E-state index < -0.39 is 0 Å². The van der Waals surface area contributed by atoms with Crippen LogP contribution in [0.15, 0.2) is 46.1 Å². The Labute approximate surface area is 215 Å². The Kier molecular flexibility index (Phi) is 10.4. The second-order valence-corrected chi connectivity index (χ2v) is 8.90. The molecule has 0 atom stereocenters. The number of nitrogens with one attached hydrogen (secondary N) is 1. The maximum absolute atomic E-state index is 4.94. The molecule has 2 aromatic rings. The molecule has 33 heavy (non-hydrogen) atoms. The van der Waals surface area contributed by atoms with E-state index in [1.54, 1.807) is 6.26 Å². The topological polar surface area (TPSA) is 63.4 Å². The SMILES string of the molecule is CN=C(NCc1ccc(CN2CCCN(C)CC2)cc1)N1CCN(Cc2ccon2)CC1.I. The zero-order valence-electron chi connectivity index (χ0n) is 19.9. The van der Waals surface area contributed by atoms with Crippen LogP contribution in [0.25, 0.3) is 0 Å². The zero-order valence-corrected chi connectivity index (χ0v) is 22.3. The van der Waals surface area contributed by atoms with Crippen molar-refractivity contribution in [3.05, 3.63) is 53.4 Å². The van der Waals surface area contributed by atoms with E-state index in [9.17, 15) is 0 Å². The van der Waals surface area contributed by atoms with Gasteiger partial charge in [0.25, 0.3) is 0 Å². The van der Waals surface area contributed by atoms with Gasteiger partial charge in [-0.2, -0.15) is 0 Å². The summed E-state index contributed by atoms with van der Waals surface area (Å²) in [7, 11) is 4.09. The number of hydrogen-bond donors (Lipinski definition) is 1. The molecule has 2 saturated heterocycles. The molecule has 1 aromatic carbocycles. The lowest BCUT2D eigenvalue weighted by atomic mass is 10.1. The van der Waals surface area contributed by atoms with Gasteiger partial charge < -0.3 is 19.6 Å². The molecular formula is C24H38IN7O. The molecule has 0 saturated carbocycles. The largest absolute Gasteiger partial charge is 0.364 e. The van der Waals surface area contributed by atoms with E-state index in [1.807, 2.05) is 13.1 Å². The molecule has 9 heteroatoms. The van der Waals surface area contributed by atoms with Crippen molar-refractivity contribution in [2.45, 2.75) is 26.1 Å². The van der Waals surface area contributed by atoms with Crippen molar-refractivity contribution in [1.82, 2.24) is 30.1 Å². The van der Waals surface area contributed by atoms with E-state index in [0.29, 0.717) is 0 Å². The molecule has 0 unspecified atom stereocenters. The van der Waals surface area contributed by atoms with Crippen LogP contribution in [0.4, 0.5) is 0 Å². The maximum atomic E-state index is 4.94. The highest BCUT2D eigenvalue weighted by Gasteiger charge is 2.20. The molecule has 2 aliphatic heterocycles. The summed E-state index contributed by atoms with van der Waals surface area (Å²) in [6.07, 6.45) is 2.89. The number of nitrogens with zero attached hydrogens (tertiary/aromatic N) is 6. The fourth-order valence-corrected chi connectivity index (χ4v) is 4.46. The van der Waals surface area contributed by atoms with Crippen LogP contribution in [0.5, 0.6) is 0 Å². The van der Waals surface area contributed by atoms with Crippen LogP contribution in [0.2, 0.25) is 0 Å². The lowest BCUT2D eigenvalue weighted by Gasteiger charge is -2.36. The fourth-order valence-electron chi connectivity index (χ4n) is 4.46. The van der Waals surface area contributed by atoms with Crippen molar-refractivity contribution in [3.8, 4) is 0 Å². The predicted octanol–water partition coefficient (Wildman–Crippen LogP) is 2.32. The third kappa shape index (κ3) is 7.94. The van der Waals surface area contributed by atoms with E-state index in [0.717, 1.165) is 70.6 Å². The first-order chi connectivity index (χ1) is 15.7. The molecular weight excluding hydrogens is 529 g/mol. The Hall–Kier alpha value is -1.69. The van der Waals surface area contributed by atoms with Crippen LogP contribution in [0.1, 0.15) is 23.2 Å². The minimum atomic E-state index is 0. The van der Waals surface area contributed by atoms with Crippen LogP contribution in [0, 0.1) is 0 Å². The summed E-state index contributed by atoms with van der Waals surface area (Å²) in [6, 6.07) is 11.0. The minimum absolute atomic E-state index is 0. The summed E-state index contributed by atoms with van der Waals surface area (Å²) in [5, 5.41) is 7.56. The van der Waals surface area contributed by atoms with Crippen molar-refractivity contribution < 1.29 is 4.52 Å². The van der Waals surface area contributed by atoms with E-state index in [1.165, 1.54) is 30.6 Å². The van der Waals surface area contributed by atoms with Crippen molar-refractivity contribution in [2.24, 2.45) is 4.99 Å². The van der Waals surface area contributed by atoms with Crippen LogP contribution in [-0.2, 0) is 19.6 Å². The number of hydrogen-bond acceptors (Lipinski definition) is 6. The molecule has 0 radical (unpaired) electrons. The van der Waals surface area contributed by atoms with Gasteiger partial charge in [0.05, 0.1) is 5.69 Å². The molecule has 182 valence electrons. The first-order valence-corrected chi connectivity index (χ1v) is 11.8. The molecule has 3 heterocycles. The van der Waals surface area contributed by atoms with Gasteiger partial charge in [0.2, 0.25) is 0 Å². The first-order valence-electron chi connectivity index (χ1n) is 11.8. The quantitative estimate of drug-likeness (QED) is 0.327. The molecule has 0 spiro atoms. The number of piperazine rings is 1. The third-order valence-corrected chi connectivity index (χ3v) is 6.45. The van der Waals surface area contributed by atoms with E-state index in [-0.39, 0.29) is 24.0 Å². The maximum Gasteiger partial charge on any atom is 0.194 e. The summed E-state index contributed by atoms with van der Waals surface area (Å²) in [6.45, 7) is 11.3. The first kappa shape index (κ1) is 25.9. The number of guanidine groups is 1. The monoisotopic (exact) mass is 567 g/mol.